The highest BCUT2D eigenvalue weighted by molar-refractivity contribution is 5.85. The third-order valence-corrected chi connectivity index (χ3v) is 2.24. The molecule has 0 spiro atoms. The zero-order chi connectivity index (χ0) is 12.6. The highest BCUT2D eigenvalue weighted by Gasteiger charge is 2.18. The summed E-state index contributed by atoms with van der Waals surface area (Å²) in [7, 11) is 1.59. The van der Waals surface area contributed by atoms with Gasteiger partial charge >= 0.3 is 5.97 Å². The summed E-state index contributed by atoms with van der Waals surface area (Å²) in [5.41, 5.74) is -0.537. The molecule has 0 fully saturated rings. The van der Waals surface area contributed by atoms with Crippen LogP contribution in [0.2, 0.25) is 0 Å². The number of aliphatic carboxylic acids is 1. The number of methoxy groups -OCH3 is 1. The van der Waals surface area contributed by atoms with Gasteiger partial charge in [-0.15, -0.1) is 0 Å². The van der Waals surface area contributed by atoms with Crippen molar-refractivity contribution in [2.24, 2.45) is 0 Å². The van der Waals surface area contributed by atoms with E-state index in [0.29, 0.717) is 31.7 Å². The molecule has 0 aliphatic rings. The summed E-state index contributed by atoms with van der Waals surface area (Å²) in [6.45, 7) is 4.58. The number of hydrogen-bond acceptors (Lipinski definition) is 4. The maximum Gasteiger partial charge on any atom is 0.330 e. The molecule has 0 aromatic rings. The van der Waals surface area contributed by atoms with Crippen LogP contribution in [-0.4, -0.2) is 48.6 Å². The van der Waals surface area contributed by atoms with Crippen molar-refractivity contribution in [3.63, 3.8) is 0 Å². The Bertz CT molecular complexity index is 248. The Kier molecular flexibility index (Phi) is 6.96. The van der Waals surface area contributed by atoms with E-state index in [1.54, 1.807) is 20.1 Å². The fourth-order valence-corrected chi connectivity index (χ4v) is 1.06. The zero-order valence-corrected chi connectivity index (χ0v) is 10.1. The molecule has 0 aliphatic carbocycles. The number of carbonyl (C=O) groups is 1. The largest absolute Gasteiger partial charge is 0.478 e. The maximum atomic E-state index is 10.5. The van der Waals surface area contributed by atoms with Gasteiger partial charge in [-0.25, -0.2) is 4.79 Å². The monoisotopic (exact) mass is 231 g/mol. The van der Waals surface area contributed by atoms with Crippen LogP contribution in [-0.2, 0) is 9.53 Å². The van der Waals surface area contributed by atoms with E-state index in [0.717, 1.165) is 0 Å². The molecule has 3 N–H and O–H groups in total. The average molecular weight is 231 g/mol. The van der Waals surface area contributed by atoms with Crippen LogP contribution in [0.15, 0.2) is 11.6 Å². The van der Waals surface area contributed by atoms with Gasteiger partial charge in [-0.1, -0.05) is 6.08 Å². The predicted octanol–water partition coefficient (Wildman–Crippen LogP) is 0.394. The fraction of sp³-hybridized carbons (Fsp3) is 0.727. The summed E-state index contributed by atoms with van der Waals surface area (Å²) in [4.78, 5) is 10.5. The minimum atomic E-state index is -0.923. The SMILES string of the molecule is COCCC(C)(O)CNC/C=C(/C)C(=O)O. The van der Waals surface area contributed by atoms with E-state index >= 15 is 0 Å². The Morgan fingerprint density at radius 3 is 2.69 bits per heavy atom. The predicted molar refractivity (Wildman–Crippen MR) is 61.4 cm³/mol. The molecule has 0 amide bonds. The van der Waals surface area contributed by atoms with Crippen molar-refractivity contribution >= 4 is 5.97 Å². The standard InChI is InChI=1S/C11H21NO4/c1-9(10(13)14)4-6-12-8-11(2,15)5-7-16-3/h4,12,15H,5-8H2,1-3H3,(H,13,14)/b9-4-. The molecule has 1 unspecified atom stereocenters. The summed E-state index contributed by atoms with van der Waals surface area (Å²) < 4.78 is 4.88. The molecule has 5 nitrogen and oxygen atoms in total. The number of hydrogen-bond donors (Lipinski definition) is 3. The molecule has 0 aromatic heterocycles. The lowest BCUT2D eigenvalue weighted by Crippen LogP contribution is -2.38. The van der Waals surface area contributed by atoms with Crippen molar-refractivity contribution in [1.29, 1.82) is 0 Å². The van der Waals surface area contributed by atoms with Gasteiger partial charge in [0, 0.05) is 38.8 Å². The third-order valence-electron chi connectivity index (χ3n) is 2.24. The van der Waals surface area contributed by atoms with Crippen molar-refractivity contribution in [2.75, 3.05) is 26.8 Å². The van der Waals surface area contributed by atoms with E-state index in [1.807, 2.05) is 0 Å². The minimum Gasteiger partial charge on any atom is -0.478 e. The van der Waals surface area contributed by atoms with Gasteiger partial charge in [-0.2, -0.15) is 0 Å². The number of carboxylic acids is 1. The van der Waals surface area contributed by atoms with Crippen LogP contribution in [0.3, 0.4) is 0 Å². The lowest BCUT2D eigenvalue weighted by molar-refractivity contribution is -0.132. The molecule has 94 valence electrons. The first kappa shape index (κ1) is 15.1. The van der Waals surface area contributed by atoms with E-state index < -0.39 is 11.6 Å². The van der Waals surface area contributed by atoms with Crippen molar-refractivity contribution in [3.05, 3.63) is 11.6 Å². The molecule has 0 aliphatic heterocycles. The van der Waals surface area contributed by atoms with Gasteiger partial charge in [0.2, 0.25) is 0 Å². The van der Waals surface area contributed by atoms with Crippen molar-refractivity contribution in [3.8, 4) is 0 Å². The Morgan fingerprint density at radius 2 is 2.19 bits per heavy atom. The Labute approximate surface area is 96.1 Å². The van der Waals surface area contributed by atoms with Gasteiger partial charge in [0.25, 0.3) is 0 Å². The third kappa shape index (κ3) is 7.39. The molecule has 0 bridgehead atoms. The van der Waals surface area contributed by atoms with Gasteiger partial charge in [-0.3, -0.25) is 0 Å². The summed E-state index contributed by atoms with van der Waals surface area (Å²) >= 11 is 0. The van der Waals surface area contributed by atoms with Crippen LogP contribution in [0.4, 0.5) is 0 Å². The summed E-state index contributed by atoms with van der Waals surface area (Å²) in [6.07, 6.45) is 2.12. The molecule has 0 saturated carbocycles. The van der Waals surface area contributed by atoms with Gasteiger partial charge in [0.15, 0.2) is 0 Å². The molecule has 16 heavy (non-hydrogen) atoms. The first-order chi connectivity index (χ1) is 7.39. The molecule has 0 heterocycles. The molecule has 5 heteroatoms. The molecular weight excluding hydrogens is 210 g/mol. The number of ether oxygens (including phenoxy) is 1. The van der Waals surface area contributed by atoms with Crippen molar-refractivity contribution in [2.45, 2.75) is 25.9 Å². The summed E-state index contributed by atoms with van der Waals surface area (Å²) in [6, 6.07) is 0. The number of carboxylic acid groups (broad SMARTS) is 1. The number of nitrogens with one attached hydrogen (secondary N) is 1. The van der Waals surface area contributed by atoms with Crippen LogP contribution in [0.5, 0.6) is 0 Å². The first-order valence-electron chi connectivity index (χ1n) is 5.21. The quantitative estimate of drug-likeness (QED) is 0.416. The average Bonchev–Trinajstić information content (AvgIpc) is 2.21. The lowest BCUT2D eigenvalue weighted by atomic mass is 10.0. The Hall–Kier alpha value is -0.910. The second-order valence-electron chi connectivity index (χ2n) is 4.06. The van der Waals surface area contributed by atoms with Crippen molar-refractivity contribution < 1.29 is 19.7 Å². The topological polar surface area (TPSA) is 78.8 Å². The van der Waals surface area contributed by atoms with Crippen molar-refractivity contribution in [1.82, 2.24) is 5.32 Å². The molecular formula is C11H21NO4. The Morgan fingerprint density at radius 1 is 1.56 bits per heavy atom. The van der Waals surface area contributed by atoms with Crippen LogP contribution in [0.1, 0.15) is 20.3 Å². The van der Waals surface area contributed by atoms with Gasteiger partial charge in [0.1, 0.15) is 0 Å². The highest BCUT2D eigenvalue weighted by Crippen LogP contribution is 2.07. The fourth-order valence-electron chi connectivity index (χ4n) is 1.06. The van der Waals surface area contributed by atoms with E-state index in [2.05, 4.69) is 5.32 Å². The second kappa shape index (κ2) is 7.38. The van der Waals surface area contributed by atoms with Gasteiger partial charge in [0.05, 0.1) is 5.60 Å². The highest BCUT2D eigenvalue weighted by atomic mass is 16.5. The van der Waals surface area contributed by atoms with Gasteiger partial charge < -0.3 is 20.3 Å². The summed E-state index contributed by atoms with van der Waals surface area (Å²) in [5.74, 6) is -0.923. The maximum absolute atomic E-state index is 10.5. The van der Waals surface area contributed by atoms with Gasteiger partial charge in [-0.05, 0) is 13.8 Å². The molecule has 0 saturated heterocycles. The van der Waals surface area contributed by atoms with Crippen LogP contribution in [0.25, 0.3) is 0 Å². The van der Waals surface area contributed by atoms with Crippen LogP contribution < -0.4 is 5.32 Å². The molecule has 0 rings (SSSR count). The van der Waals surface area contributed by atoms with E-state index in [1.165, 1.54) is 6.92 Å². The van der Waals surface area contributed by atoms with E-state index in [4.69, 9.17) is 9.84 Å². The first-order valence-corrected chi connectivity index (χ1v) is 5.21. The number of rotatable bonds is 8. The smallest absolute Gasteiger partial charge is 0.330 e. The molecule has 1 atom stereocenters. The van der Waals surface area contributed by atoms with E-state index in [-0.39, 0.29) is 0 Å². The van der Waals surface area contributed by atoms with Crippen LogP contribution >= 0.6 is 0 Å². The Balaban J connectivity index is 3.80. The second-order valence-corrected chi connectivity index (χ2v) is 4.06. The number of aliphatic hydroxyl groups is 1. The normalized spacial score (nSPS) is 15.9. The summed E-state index contributed by atoms with van der Waals surface area (Å²) in [5, 5.41) is 21.4. The van der Waals surface area contributed by atoms with E-state index in [9.17, 15) is 9.90 Å². The molecule has 0 aromatic carbocycles. The molecule has 0 radical (unpaired) electrons. The lowest BCUT2D eigenvalue weighted by Gasteiger charge is -2.22. The van der Waals surface area contributed by atoms with Crippen LogP contribution in [0, 0.1) is 0 Å². The zero-order valence-electron chi connectivity index (χ0n) is 10.1. The minimum absolute atomic E-state index is 0.295.